The van der Waals surface area contributed by atoms with Crippen LogP contribution in [0.5, 0.6) is 5.75 Å². The molecule has 0 bridgehead atoms. The van der Waals surface area contributed by atoms with Crippen molar-refractivity contribution in [3.63, 3.8) is 0 Å². The Balaban J connectivity index is 2.21. The van der Waals surface area contributed by atoms with E-state index in [9.17, 15) is 4.79 Å². The van der Waals surface area contributed by atoms with Crippen molar-refractivity contribution < 1.29 is 9.53 Å². The number of amides is 1. The van der Waals surface area contributed by atoms with E-state index in [-0.39, 0.29) is 0 Å². The number of rotatable bonds is 3. The van der Waals surface area contributed by atoms with Crippen LogP contribution in [0.3, 0.4) is 0 Å². The highest BCUT2D eigenvalue weighted by molar-refractivity contribution is 6.32. The summed E-state index contributed by atoms with van der Waals surface area (Å²) in [5, 5.41) is 0.438. The lowest BCUT2D eigenvalue weighted by molar-refractivity contribution is 0.100. The maximum Gasteiger partial charge on any atom is 0.248 e. The van der Waals surface area contributed by atoms with Gasteiger partial charge >= 0.3 is 0 Å². The van der Waals surface area contributed by atoms with Crippen LogP contribution in [0.2, 0.25) is 5.02 Å². The topological polar surface area (TPSA) is 52.3 Å². The SMILES string of the molecule is NC(=O)c1ccc(OC2CC2)c(Cl)c1. The summed E-state index contributed by atoms with van der Waals surface area (Å²) in [6.07, 6.45) is 2.45. The number of hydrogen-bond donors (Lipinski definition) is 1. The Labute approximate surface area is 86.8 Å². The maximum absolute atomic E-state index is 10.8. The van der Waals surface area contributed by atoms with Gasteiger partial charge in [-0.3, -0.25) is 4.79 Å². The van der Waals surface area contributed by atoms with Gasteiger partial charge in [0.1, 0.15) is 5.75 Å². The van der Waals surface area contributed by atoms with Crippen LogP contribution >= 0.6 is 11.6 Å². The van der Waals surface area contributed by atoms with Gasteiger partial charge in [0, 0.05) is 5.56 Å². The van der Waals surface area contributed by atoms with Crippen molar-refractivity contribution in [2.45, 2.75) is 18.9 Å². The quantitative estimate of drug-likeness (QED) is 0.831. The predicted octanol–water partition coefficient (Wildman–Crippen LogP) is 1.98. The molecule has 3 nitrogen and oxygen atoms in total. The monoisotopic (exact) mass is 211 g/mol. The van der Waals surface area contributed by atoms with Crippen LogP contribution in [0.15, 0.2) is 18.2 Å². The van der Waals surface area contributed by atoms with Crippen molar-refractivity contribution in [2.24, 2.45) is 5.73 Å². The minimum Gasteiger partial charge on any atom is -0.489 e. The molecular weight excluding hydrogens is 202 g/mol. The van der Waals surface area contributed by atoms with Gasteiger partial charge in [0.2, 0.25) is 5.91 Å². The smallest absolute Gasteiger partial charge is 0.248 e. The van der Waals surface area contributed by atoms with Crippen molar-refractivity contribution in [1.29, 1.82) is 0 Å². The Morgan fingerprint density at radius 2 is 2.21 bits per heavy atom. The second kappa shape index (κ2) is 3.50. The van der Waals surface area contributed by atoms with E-state index >= 15 is 0 Å². The first kappa shape index (κ1) is 9.34. The summed E-state index contributed by atoms with van der Waals surface area (Å²) >= 11 is 5.91. The van der Waals surface area contributed by atoms with Crippen molar-refractivity contribution >= 4 is 17.5 Å². The number of primary amides is 1. The van der Waals surface area contributed by atoms with Gasteiger partial charge in [-0.2, -0.15) is 0 Å². The Hall–Kier alpha value is -1.22. The molecule has 0 aromatic heterocycles. The van der Waals surface area contributed by atoms with Crippen molar-refractivity contribution in [3.8, 4) is 5.75 Å². The molecule has 0 aliphatic heterocycles. The second-order valence-electron chi connectivity index (χ2n) is 3.33. The fourth-order valence-corrected chi connectivity index (χ4v) is 1.34. The number of halogens is 1. The molecule has 1 aromatic carbocycles. The first-order valence-electron chi connectivity index (χ1n) is 4.43. The number of carbonyl (C=O) groups excluding carboxylic acids is 1. The summed E-state index contributed by atoms with van der Waals surface area (Å²) in [6, 6.07) is 4.83. The van der Waals surface area contributed by atoms with Gasteiger partial charge in [0.15, 0.2) is 0 Å². The fraction of sp³-hybridized carbons (Fsp3) is 0.300. The van der Waals surface area contributed by atoms with Crippen LogP contribution < -0.4 is 10.5 Å². The normalized spacial score (nSPS) is 15.2. The van der Waals surface area contributed by atoms with Crippen molar-refractivity contribution in [3.05, 3.63) is 28.8 Å². The van der Waals surface area contributed by atoms with Gasteiger partial charge in [-0.05, 0) is 31.0 Å². The number of benzene rings is 1. The average Bonchev–Trinajstić information content (AvgIpc) is 2.92. The van der Waals surface area contributed by atoms with Crippen LogP contribution in [0, 0.1) is 0 Å². The van der Waals surface area contributed by atoms with Gasteiger partial charge in [-0.25, -0.2) is 0 Å². The zero-order valence-corrected chi connectivity index (χ0v) is 8.25. The molecule has 1 fully saturated rings. The molecule has 1 aliphatic rings. The molecule has 1 saturated carbocycles. The summed E-state index contributed by atoms with van der Waals surface area (Å²) in [5.74, 6) is 0.143. The number of ether oxygens (including phenoxy) is 1. The third kappa shape index (κ3) is 1.99. The molecule has 1 aliphatic carbocycles. The van der Waals surface area contributed by atoms with Gasteiger partial charge in [0.25, 0.3) is 0 Å². The first-order valence-corrected chi connectivity index (χ1v) is 4.80. The average molecular weight is 212 g/mol. The van der Waals surface area contributed by atoms with Gasteiger partial charge in [-0.1, -0.05) is 11.6 Å². The lowest BCUT2D eigenvalue weighted by atomic mass is 10.2. The molecule has 0 radical (unpaired) electrons. The molecule has 0 atom stereocenters. The van der Waals surface area contributed by atoms with E-state index < -0.39 is 5.91 Å². The highest BCUT2D eigenvalue weighted by atomic mass is 35.5. The lowest BCUT2D eigenvalue weighted by Gasteiger charge is -2.06. The fourth-order valence-electron chi connectivity index (χ4n) is 1.12. The zero-order chi connectivity index (χ0) is 10.1. The molecule has 0 heterocycles. The van der Waals surface area contributed by atoms with E-state index in [0.717, 1.165) is 12.8 Å². The highest BCUT2D eigenvalue weighted by Gasteiger charge is 2.24. The summed E-state index contributed by atoms with van der Waals surface area (Å²) in [6.45, 7) is 0. The summed E-state index contributed by atoms with van der Waals surface area (Å²) in [7, 11) is 0. The molecular formula is C10H10ClNO2. The molecule has 0 spiro atoms. The van der Waals surface area contributed by atoms with E-state index in [2.05, 4.69) is 0 Å². The minimum absolute atomic E-state index is 0.298. The van der Waals surface area contributed by atoms with E-state index in [0.29, 0.717) is 22.4 Å². The Morgan fingerprint density at radius 3 is 2.71 bits per heavy atom. The molecule has 4 heteroatoms. The van der Waals surface area contributed by atoms with Crippen LogP contribution in [-0.2, 0) is 0 Å². The molecule has 0 unspecified atom stereocenters. The molecule has 1 aromatic rings. The van der Waals surface area contributed by atoms with Gasteiger partial charge < -0.3 is 10.5 Å². The zero-order valence-electron chi connectivity index (χ0n) is 7.50. The lowest BCUT2D eigenvalue weighted by Crippen LogP contribution is -2.10. The molecule has 1 amide bonds. The van der Waals surface area contributed by atoms with Crippen LogP contribution in [-0.4, -0.2) is 12.0 Å². The van der Waals surface area contributed by atoms with E-state index in [1.54, 1.807) is 12.1 Å². The summed E-state index contributed by atoms with van der Waals surface area (Å²) < 4.78 is 5.51. The number of hydrogen-bond acceptors (Lipinski definition) is 2. The number of carbonyl (C=O) groups is 1. The van der Waals surface area contributed by atoms with Crippen LogP contribution in [0.25, 0.3) is 0 Å². The third-order valence-corrected chi connectivity index (χ3v) is 2.33. The van der Waals surface area contributed by atoms with Gasteiger partial charge in [0.05, 0.1) is 11.1 Å². The minimum atomic E-state index is -0.482. The molecule has 74 valence electrons. The van der Waals surface area contributed by atoms with Gasteiger partial charge in [-0.15, -0.1) is 0 Å². The van der Waals surface area contributed by atoms with Crippen LogP contribution in [0.4, 0.5) is 0 Å². The largest absolute Gasteiger partial charge is 0.489 e. The van der Waals surface area contributed by atoms with Crippen LogP contribution in [0.1, 0.15) is 23.2 Å². The third-order valence-electron chi connectivity index (χ3n) is 2.03. The first-order chi connectivity index (χ1) is 6.66. The Kier molecular flexibility index (Phi) is 2.33. The second-order valence-corrected chi connectivity index (χ2v) is 3.73. The predicted molar refractivity (Wildman–Crippen MR) is 53.6 cm³/mol. The molecule has 0 saturated heterocycles. The van der Waals surface area contributed by atoms with E-state index in [4.69, 9.17) is 22.1 Å². The highest BCUT2D eigenvalue weighted by Crippen LogP contribution is 2.32. The summed E-state index contributed by atoms with van der Waals surface area (Å²) in [5.41, 5.74) is 5.51. The van der Waals surface area contributed by atoms with E-state index in [1.807, 2.05) is 0 Å². The van der Waals surface area contributed by atoms with Crippen molar-refractivity contribution in [1.82, 2.24) is 0 Å². The molecule has 2 N–H and O–H groups in total. The Bertz CT molecular complexity index is 374. The van der Waals surface area contributed by atoms with E-state index in [1.165, 1.54) is 6.07 Å². The Morgan fingerprint density at radius 1 is 1.50 bits per heavy atom. The maximum atomic E-state index is 10.8. The molecule has 14 heavy (non-hydrogen) atoms. The standard InChI is InChI=1S/C10H10ClNO2/c11-8-5-6(10(12)13)1-4-9(8)14-7-2-3-7/h1,4-5,7H,2-3H2,(H2,12,13). The summed E-state index contributed by atoms with van der Waals surface area (Å²) in [4.78, 5) is 10.8. The molecule has 2 rings (SSSR count). The number of nitrogens with two attached hydrogens (primary N) is 1. The van der Waals surface area contributed by atoms with Crippen molar-refractivity contribution in [2.75, 3.05) is 0 Å².